The van der Waals surface area contributed by atoms with Gasteiger partial charge in [0.25, 0.3) is 11.8 Å². The lowest BCUT2D eigenvalue weighted by atomic mass is 9.87. The van der Waals surface area contributed by atoms with Gasteiger partial charge in [-0.15, -0.1) is 0 Å². The van der Waals surface area contributed by atoms with E-state index in [1.54, 1.807) is 12.1 Å². The van der Waals surface area contributed by atoms with E-state index in [0.717, 1.165) is 13.1 Å². The molecule has 0 unspecified atom stereocenters. The summed E-state index contributed by atoms with van der Waals surface area (Å²) in [6.45, 7) is 9.02. The van der Waals surface area contributed by atoms with Crippen LogP contribution in [-0.4, -0.2) is 54.4 Å². The molecule has 4 aromatic carbocycles. The van der Waals surface area contributed by atoms with Crippen LogP contribution in [0, 0.1) is 0 Å². The van der Waals surface area contributed by atoms with Crippen LogP contribution in [0.2, 0.25) is 0 Å². The summed E-state index contributed by atoms with van der Waals surface area (Å²) in [4.78, 5) is 30.7. The predicted molar refractivity (Wildman–Crippen MR) is 168 cm³/mol. The number of rotatable bonds is 8. The number of ether oxygens (including phenoxy) is 1. The van der Waals surface area contributed by atoms with Gasteiger partial charge in [-0.25, -0.2) is 0 Å². The molecule has 1 heterocycles. The number of nitrogens with one attached hydrogen (secondary N) is 1. The number of carbonyl (C=O) groups excluding carboxylic acids is 2. The first-order chi connectivity index (χ1) is 20.3. The van der Waals surface area contributed by atoms with Crippen molar-refractivity contribution in [3.8, 4) is 5.75 Å². The third-order valence-electron chi connectivity index (χ3n) is 7.72. The highest BCUT2D eigenvalue weighted by Crippen LogP contribution is 2.30. The quantitative estimate of drug-likeness (QED) is 0.265. The highest BCUT2D eigenvalue weighted by atomic mass is 16.5. The van der Waals surface area contributed by atoms with Crippen molar-refractivity contribution in [1.29, 1.82) is 0 Å². The minimum Gasteiger partial charge on any atom is -0.484 e. The van der Waals surface area contributed by atoms with Gasteiger partial charge in [0.2, 0.25) is 0 Å². The minimum absolute atomic E-state index is 0.0459. The zero-order valence-corrected chi connectivity index (χ0v) is 24.6. The first-order valence-corrected chi connectivity index (χ1v) is 14.5. The van der Waals surface area contributed by atoms with Gasteiger partial charge in [0.15, 0.2) is 6.61 Å². The Morgan fingerprint density at radius 1 is 0.738 bits per heavy atom. The van der Waals surface area contributed by atoms with E-state index in [2.05, 4.69) is 79.5 Å². The Morgan fingerprint density at radius 3 is 1.86 bits per heavy atom. The fourth-order valence-corrected chi connectivity index (χ4v) is 5.40. The number of hydrogen-bond acceptors (Lipinski definition) is 4. The second kappa shape index (κ2) is 13.0. The molecule has 1 N–H and O–H groups in total. The standard InChI is InChI=1S/C36H39N3O3/c1-36(2,3)29-18-20-30(21-19-29)42-26-33(40)37-32-17-11-10-16-31(32)35(41)39-24-22-38(23-25-39)34(27-12-6-4-7-13-27)28-14-8-5-9-15-28/h4-21,34H,22-26H2,1-3H3,(H,37,40). The number of benzene rings is 4. The van der Waals surface area contributed by atoms with Crippen LogP contribution in [0.3, 0.4) is 0 Å². The van der Waals surface area contributed by atoms with E-state index < -0.39 is 0 Å². The summed E-state index contributed by atoms with van der Waals surface area (Å²) in [6.07, 6.45) is 0. The van der Waals surface area contributed by atoms with Gasteiger partial charge in [0.05, 0.1) is 17.3 Å². The molecule has 0 spiro atoms. The molecule has 1 saturated heterocycles. The van der Waals surface area contributed by atoms with E-state index >= 15 is 0 Å². The molecule has 2 amide bonds. The summed E-state index contributed by atoms with van der Waals surface area (Å²) >= 11 is 0. The number of amides is 2. The van der Waals surface area contributed by atoms with Crippen molar-refractivity contribution in [2.75, 3.05) is 38.1 Å². The van der Waals surface area contributed by atoms with Crippen LogP contribution < -0.4 is 10.1 Å². The Balaban J connectivity index is 1.21. The zero-order valence-electron chi connectivity index (χ0n) is 24.6. The molecule has 4 aromatic rings. The van der Waals surface area contributed by atoms with Crippen LogP contribution in [-0.2, 0) is 10.2 Å². The van der Waals surface area contributed by atoms with E-state index in [-0.39, 0.29) is 29.9 Å². The summed E-state index contributed by atoms with van der Waals surface area (Å²) in [5, 5.41) is 2.88. The number of hydrogen-bond donors (Lipinski definition) is 1. The molecule has 0 atom stereocenters. The normalized spacial score (nSPS) is 14.0. The van der Waals surface area contributed by atoms with Crippen molar-refractivity contribution in [1.82, 2.24) is 9.80 Å². The maximum absolute atomic E-state index is 13.6. The molecule has 6 nitrogen and oxygen atoms in total. The summed E-state index contributed by atoms with van der Waals surface area (Å²) in [5.41, 5.74) is 4.70. The van der Waals surface area contributed by atoms with Crippen LogP contribution in [0.4, 0.5) is 5.69 Å². The summed E-state index contributed by atoms with van der Waals surface area (Å²) in [7, 11) is 0. The third kappa shape index (κ3) is 7.07. The Kier molecular flexibility index (Phi) is 9.03. The average Bonchev–Trinajstić information content (AvgIpc) is 3.01. The number of piperazine rings is 1. The fraction of sp³-hybridized carbons (Fsp3) is 0.278. The lowest BCUT2D eigenvalue weighted by molar-refractivity contribution is -0.118. The van der Waals surface area contributed by atoms with E-state index in [9.17, 15) is 9.59 Å². The van der Waals surface area contributed by atoms with Crippen LogP contribution in [0.5, 0.6) is 5.75 Å². The van der Waals surface area contributed by atoms with Gasteiger partial charge in [0.1, 0.15) is 5.75 Å². The molecule has 0 saturated carbocycles. The molecular weight excluding hydrogens is 522 g/mol. The van der Waals surface area contributed by atoms with Crippen molar-refractivity contribution in [2.45, 2.75) is 32.2 Å². The molecule has 6 heteroatoms. The zero-order chi connectivity index (χ0) is 29.5. The van der Waals surface area contributed by atoms with Crippen LogP contribution in [0.25, 0.3) is 0 Å². The maximum Gasteiger partial charge on any atom is 0.262 e. The van der Waals surface area contributed by atoms with Crippen molar-refractivity contribution in [3.63, 3.8) is 0 Å². The largest absolute Gasteiger partial charge is 0.484 e. The summed E-state index contributed by atoms with van der Waals surface area (Å²) in [5.74, 6) is 0.235. The van der Waals surface area contributed by atoms with Gasteiger partial charge in [-0.2, -0.15) is 0 Å². The van der Waals surface area contributed by atoms with Crippen molar-refractivity contribution < 1.29 is 14.3 Å². The van der Waals surface area contributed by atoms with Crippen LogP contribution in [0.15, 0.2) is 109 Å². The predicted octanol–water partition coefficient (Wildman–Crippen LogP) is 6.55. The molecule has 0 aromatic heterocycles. The summed E-state index contributed by atoms with van der Waals surface area (Å²) in [6, 6.07) is 36.1. The van der Waals surface area contributed by atoms with Gasteiger partial charge in [-0.3, -0.25) is 14.5 Å². The van der Waals surface area contributed by atoms with Crippen molar-refractivity contribution in [3.05, 3.63) is 131 Å². The van der Waals surface area contributed by atoms with E-state index in [1.165, 1.54) is 16.7 Å². The second-order valence-corrected chi connectivity index (χ2v) is 11.7. The smallest absolute Gasteiger partial charge is 0.262 e. The van der Waals surface area contributed by atoms with Crippen molar-refractivity contribution in [2.24, 2.45) is 0 Å². The molecule has 1 aliphatic heterocycles. The number of anilines is 1. The number of nitrogens with zero attached hydrogens (tertiary/aromatic N) is 2. The van der Waals surface area contributed by atoms with Gasteiger partial charge in [-0.05, 0) is 46.4 Å². The minimum atomic E-state index is -0.312. The molecule has 42 heavy (non-hydrogen) atoms. The Morgan fingerprint density at radius 2 is 1.29 bits per heavy atom. The first kappa shape index (κ1) is 29.1. The fourth-order valence-electron chi connectivity index (χ4n) is 5.40. The molecule has 216 valence electrons. The van der Waals surface area contributed by atoms with Crippen LogP contribution in [0.1, 0.15) is 53.9 Å². The van der Waals surface area contributed by atoms with E-state index in [4.69, 9.17) is 4.74 Å². The third-order valence-corrected chi connectivity index (χ3v) is 7.72. The number of para-hydroxylation sites is 1. The molecule has 0 aliphatic carbocycles. The summed E-state index contributed by atoms with van der Waals surface area (Å²) < 4.78 is 5.72. The number of carbonyl (C=O) groups is 2. The topological polar surface area (TPSA) is 61.9 Å². The highest BCUT2D eigenvalue weighted by molar-refractivity contribution is 6.04. The van der Waals surface area contributed by atoms with Crippen LogP contribution >= 0.6 is 0 Å². The second-order valence-electron chi connectivity index (χ2n) is 11.7. The van der Waals surface area contributed by atoms with Gasteiger partial charge in [-0.1, -0.05) is 106 Å². The maximum atomic E-state index is 13.6. The molecule has 1 aliphatic rings. The molecule has 5 rings (SSSR count). The average molecular weight is 562 g/mol. The van der Waals surface area contributed by atoms with Gasteiger partial charge in [0, 0.05) is 26.2 Å². The molecule has 0 bridgehead atoms. The highest BCUT2D eigenvalue weighted by Gasteiger charge is 2.29. The van der Waals surface area contributed by atoms with Gasteiger partial charge >= 0.3 is 0 Å². The Labute approximate surface area is 248 Å². The Hall–Kier alpha value is -4.42. The molecule has 1 fully saturated rings. The Bertz CT molecular complexity index is 1430. The monoisotopic (exact) mass is 561 g/mol. The van der Waals surface area contributed by atoms with Gasteiger partial charge < -0.3 is 15.0 Å². The first-order valence-electron chi connectivity index (χ1n) is 14.5. The lowest BCUT2D eigenvalue weighted by Crippen LogP contribution is -2.50. The van der Waals surface area contributed by atoms with E-state index in [0.29, 0.717) is 30.1 Å². The SMILES string of the molecule is CC(C)(C)c1ccc(OCC(=O)Nc2ccccc2C(=O)N2CCN(C(c3ccccc3)c3ccccc3)CC2)cc1. The van der Waals surface area contributed by atoms with Crippen molar-refractivity contribution >= 4 is 17.5 Å². The van der Waals surface area contributed by atoms with E-state index in [1.807, 2.05) is 53.4 Å². The molecule has 0 radical (unpaired) electrons. The molecular formula is C36H39N3O3. The lowest BCUT2D eigenvalue weighted by Gasteiger charge is -2.40.